The second kappa shape index (κ2) is 6.41. The number of para-hydroxylation sites is 1. The first-order valence-electron chi connectivity index (χ1n) is 7.39. The van der Waals surface area contributed by atoms with Gasteiger partial charge in [-0.3, -0.25) is 4.79 Å². The van der Waals surface area contributed by atoms with Crippen LogP contribution in [-0.2, 0) is 0 Å². The molecule has 3 rings (SSSR count). The Hall–Kier alpha value is -2.73. The van der Waals surface area contributed by atoms with Crippen molar-refractivity contribution in [1.29, 1.82) is 0 Å². The van der Waals surface area contributed by atoms with Crippen LogP contribution in [0.3, 0.4) is 0 Å². The number of carbonyl (C=O) groups is 1. The van der Waals surface area contributed by atoms with E-state index >= 15 is 0 Å². The van der Waals surface area contributed by atoms with Gasteiger partial charge in [-0.25, -0.2) is 14.6 Å². The third-order valence-corrected chi connectivity index (χ3v) is 3.73. The first-order chi connectivity index (χ1) is 11.4. The van der Waals surface area contributed by atoms with Crippen LogP contribution in [0.1, 0.15) is 27.6 Å². The van der Waals surface area contributed by atoms with Crippen molar-refractivity contribution in [2.24, 2.45) is 0 Å². The fraction of sp³-hybridized carbons (Fsp3) is 0.176. The van der Waals surface area contributed by atoms with Gasteiger partial charge in [0, 0.05) is 17.1 Å². The number of anilines is 1. The van der Waals surface area contributed by atoms with E-state index in [0.717, 1.165) is 17.1 Å². The minimum atomic E-state index is -0.339. The standard InChI is InChI=1S/C17H16ClN5O/c1-10-8-11(2)20-17(19-10)23-12(3)9-15(22-23)16(24)21-14-7-5-4-6-13(14)18/h4-9H,1-3H3,(H,21,24). The number of nitrogens with zero attached hydrogens (tertiary/aromatic N) is 4. The Morgan fingerprint density at radius 1 is 1.08 bits per heavy atom. The van der Waals surface area contributed by atoms with Gasteiger partial charge in [-0.15, -0.1) is 0 Å². The predicted molar refractivity (Wildman–Crippen MR) is 92.8 cm³/mol. The molecule has 0 unspecified atom stereocenters. The Bertz CT molecular complexity index is 899. The molecule has 0 bridgehead atoms. The maximum Gasteiger partial charge on any atom is 0.276 e. The van der Waals surface area contributed by atoms with Crippen LogP contribution in [0, 0.1) is 20.8 Å². The lowest BCUT2D eigenvalue weighted by atomic mass is 10.3. The predicted octanol–water partition coefficient (Wildman–Crippen LogP) is 3.49. The minimum absolute atomic E-state index is 0.273. The summed E-state index contributed by atoms with van der Waals surface area (Å²) in [5, 5.41) is 7.55. The summed E-state index contributed by atoms with van der Waals surface area (Å²) in [7, 11) is 0. The summed E-state index contributed by atoms with van der Waals surface area (Å²) < 4.78 is 1.56. The quantitative estimate of drug-likeness (QED) is 0.791. The largest absolute Gasteiger partial charge is 0.319 e. The van der Waals surface area contributed by atoms with Crippen LogP contribution in [0.4, 0.5) is 5.69 Å². The van der Waals surface area contributed by atoms with Crippen LogP contribution in [-0.4, -0.2) is 25.7 Å². The van der Waals surface area contributed by atoms with Gasteiger partial charge in [0.1, 0.15) is 0 Å². The van der Waals surface area contributed by atoms with Crippen molar-refractivity contribution in [3.63, 3.8) is 0 Å². The molecule has 1 amide bonds. The molecule has 122 valence electrons. The lowest BCUT2D eigenvalue weighted by Gasteiger charge is -2.05. The number of nitrogens with one attached hydrogen (secondary N) is 1. The van der Waals surface area contributed by atoms with Crippen molar-refractivity contribution >= 4 is 23.2 Å². The lowest BCUT2D eigenvalue weighted by Crippen LogP contribution is -2.14. The highest BCUT2D eigenvalue weighted by molar-refractivity contribution is 6.33. The zero-order valence-electron chi connectivity index (χ0n) is 13.5. The van der Waals surface area contributed by atoms with Gasteiger partial charge in [0.25, 0.3) is 11.9 Å². The average molecular weight is 342 g/mol. The molecule has 1 N–H and O–H groups in total. The molecule has 0 atom stereocenters. The van der Waals surface area contributed by atoms with Gasteiger partial charge in [0.05, 0.1) is 10.7 Å². The number of hydrogen-bond acceptors (Lipinski definition) is 4. The van der Waals surface area contributed by atoms with Crippen LogP contribution >= 0.6 is 11.6 Å². The van der Waals surface area contributed by atoms with Crippen LogP contribution < -0.4 is 5.32 Å². The van der Waals surface area contributed by atoms with Gasteiger partial charge in [-0.05, 0) is 45.0 Å². The number of aryl methyl sites for hydroxylation is 3. The third kappa shape index (κ3) is 3.28. The maximum atomic E-state index is 12.4. The van der Waals surface area contributed by atoms with Gasteiger partial charge >= 0.3 is 0 Å². The fourth-order valence-corrected chi connectivity index (χ4v) is 2.52. The number of amides is 1. The van der Waals surface area contributed by atoms with Crippen molar-refractivity contribution in [1.82, 2.24) is 19.7 Å². The SMILES string of the molecule is Cc1cc(C)nc(-n2nc(C(=O)Nc3ccccc3Cl)cc2C)n1. The summed E-state index contributed by atoms with van der Waals surface area (Å²) in [5.41, 5.74) is 3.27. The van der Waals surface area contributed by atoms with Gasteiger partial charge in [-0.2, -0.15) is 5.10 Å². The zero-order valence-corrected chi connectivity index (χ0v) is 14.3. The molecule has 0 spiro atoms. The van der Waals surface area contributed by atoms with Crippen molar-refractivity contribution in [2.75, 3.05) is 5.32 Å². The molecule has 0 saturated heterocycles. The molecular weight excluding hydrogens is 326 g/mol. The Labute approximate surface area is 144 Å². The monoisotopic (exact) mass is 341 g/mol. The molecule has 7 heteroatoms. The number of aromatic nitrogens is 4. The van der Waals surface area contributed by atoms with Crippen LogP contribution in [0.2, 0.25) is 5.02 Å². The van der Waals surface area contributed by atoms with E-state index in [4.69, 9.17) is 11.6 Å². The second-order valence-corrected chi connectivity index (χ2v) is 5.87. The van der Waals surface area contributed by atoms with E-state index in [1.807, 2.05) is 26.8 Å². The van der Waals surface area contributed by atoms with Crippen LogP contribution in [0.5, 0.6) is 0 Å². The first kappa shape index (κ1) is 16.1. The maximum absolute atomic E-state index is 12.4. The summed E-state index contributed by atoms with van der Waals surface area (Å²) in [5.74, 6) is 0.108. The summed E-state index contributed by atoms with van der Waals surface area (Å²) in [6.45, 7) is 5.63. The fourth-order valence-electron chi connectivity index (χ4n) is 2.34. The number of rotatable bonds is 3. The molecule has 1 aromatic carbocycles. The van der Waals surface area contributed by atoms with E-state index in [-0.39, 0.29) is 11.6 Å². The normalized spacial score (nSPS) is 10.7. The second-order valence-electron chi connectivity index (χ2n) is 5.47. The average Bonchev–Trinajstić information content (AvgIpc) is 2.91. The van der Waals surface area contributed by atoms with E-state index in [1.54, 1.807) is 35.0 Å². The molecule has 0 radical (unpaired) electrons. The van der Waals surface area contributed by atoms with E-state index < -0.39 is 0 Å². The Kier molecular flexibility index (Phi) is 4.31. The molecule has 0 fully saturated rings. The molecule has 2 heterocycles. The molecule has 0 aliphatic carbocycles. The molecule has 24 heavy (non-hydrogen) atoms. The number of halogens is 1. The Morgan fingerprint density at radius 2 is 1.75 bits per heavy atom. The number of benzene rings is 1. The minimum Gasteiger partial charge on any atom is -0.319 e. The zero-order chi connectivity index (χ0) is 17.3. The molecule has 0 saturated carbocycles. The molecule has 2 aromatic heterocycles. The molecule has 0 aliphatic rings. The van der Waals surface area contributed by atoms with Crippen molar-refractivity contribution < 1.29 is 4.79 Å². The summed E-state index contributed by atoms with van der Waals surface area (Å²) >= 11 is 6.06. The highest BCUT2D eigenvalue weighted by Gasteiger charge is 2.16. The topological polar surface area (TPSA) is 72.7 Å². The van der Waals surface area contributed by atoms with E-state index in [0.29, 0.717) is 16.7 Å². The Morgan fingerprint density at radius 3 is 2.42 bits per heavy atom. The van der Waals surface area contributed by atoms with Gasteiger partial charge in [0.15, 0.2) is 5.69 Å². The van der Waals surface area contributed by atoms with Crippen molar-refractivity contribution in [2.45, 2.75) is 20.8 Å². The van der Waals surface area contributed by atoms with Crippen LogP contribution in [0.25, 0.3) is 5.95 Å². The summed E-state index contributed by atoms with van der Waals surface area (Å²) in [6, 6.07) is 10.6. The third-order valence-electron chi connectivity index (χ3n) is 3.40. The molecular formula is C17H16ClN5O. The molecule has 6 nitrogen and oxygen atoms in total. The van der Waals surface area contributed by atoms with Crippen molar-refractivity contribution in [3.05, 3.63) is 64.2 Å². The lowest BCUT2D eigenvalue weighted by molar-refractivity contribution is 0.102. The van der Waals surface area contributed by atoms with E-state index in [9.17, 15) is 4.79 Å². The first-order valence-corrected chi connectivity index (χ1v) is 7.77. The van der Waals surface area contributed by atoms with Crippen molar-refractivity contribution in [3.8, 4) is 5.95 Å². The highest BCUT2D eigenvalue weighted by atomic mass is 35.5. The number of carbonyl (C=O) groups excluding carboxylic acids is 1. The van der Waals surface area contributed by atoms with E-state index in [1.165, 1.54) is 0 Å². The summed E-state index contributed by atoms with van der Waals surface area (Å²) in [6.07, 6.45) is 0. The molecule has 0 aliphatic heterocycles. The highest BCUT2D eigenvalue weighted by Crippen LogP contribution is 2.21. The number of hydrogen-bond donors (Lipinski definition) is 1. The summed E-state index contributed by atoms with van der Waals surface area (Å²) in [4.78, 5) is 21.2. The van der Waals surface area contributed by atoms with Gasteiger partial charge in [-0.1, -0.05) is 23.7 Å². The smallest absolute Gasteiger partial charge is 0.276 e. The van der Waals surface area contributed by atoms with Crippen LogP contribution in [0.15, 0.2) is 36.4 Å². The van der Waals surface area contributed by atoms with Gasteiger partial charge in [0.2, 0.25) is 0 Å². The van der Waals surface area contributed by atoms with E-state index in [2.05, 4.69) is 20.4 Å². The van der Waals surface area contributed by atoms with Gasteiger partial charge < -0.3 is 5.32 Å². The Balaban J connectivity index is 1.91. The molecule has 3 aromatic rings.